The number of carbonyl (C=O) groups excluding carboxylic acids is 2. The molecule has 25 heavy (non-hydrogen) atoms. The topological polar surface area (TPSA) is 58.2 Å². The van der Waals surface area contributed by atoms with Crippen molar-refractivity contribution < 1.29 is 18.4 Å². The molecule has 0 unspecified atom stereocenters. The van der Waals surface area contributed by atoms with Crippen LogP contribution in [-0.2, 0) is 22.4 Å². The van der Waals surface area contributed by atoms with E-state index in [1.807, 2.05) is 12.1 Å². The predicted octanol–water partition coefficient (Wildman–Crippen LogP) is 3.27. The first-order valence-electron chi connectivity index (χ1n) is 8.09. The van der Waals surface area contributed by atoms with Crippen molar-refractivity contribution >= 4 is 17.5 Å². The Balaban J connectivity index is 1.69. The van der Waals surface area contributed by atoms with E-state index in [9.17, 15) is 18.4 Å². The molecule has 130 valence electrons. The van der Waals surface area contributed by atoms with E-state index in [1.165, 1.54) is 6.07 Å². The van der Waals surface area contributed by atoms with Crippen LogP contribution < -0.4 is 10.6 Å². The Labute approximate surface area is 144 Å². The summed E-state index contributed by atoms with van der Waals surface area (Å²) < 4.78 is 27.3. The number of carbonyl (C=O) groups is 2. The standard InChI is InChI=1S/C19H18F2N2O2/c1-11(12-5-7-17-13(9-12)6-8-18(24)23-17)22-19(25)10-14-15(20)3-2-4-16(14)21/h2-5,7,9,11H,6,8,10H2,1H3,(H,22,25)(H,23,24)/t11-/m0/s1. The van der Waals surface area contributed by atoms with Gasteiger partial charge in [-0.25, -0.2) is 8.78 Å². The van der Waals surface area contributed by atoms with Gasteiger partial charge in [-0.2, -0.15) is 0 Å². The Morgan fingerprint density at radius 3 is 2.64 bits per heavy atom. The highest BCUT2D eigenvalue weighted by atomic mass is 19.1. The monoisotopic (exact) mass is 344 g/mol. The van der Waals surface area contributed by atoms with Gasteiger partial charge in [0.05, 0.1) is 12.5 Å². The van der Waals surface area contributed by atoms with E-state index in [4.69, 9.17) is 0 Å². The molecular weight excluding hydrogens is 326 g/mol. The quantitative estimate of drug-likeness (QED) is 0.894. The molecule has 4 nitrogen and oxygen atoms in total. The molecule has 0 saturated carbocycles. The Morgan fingerprint density at radius 1 is 1.20 bits per heavy atom. The molecule has 2 N–H and O–H groups in total. The van der Waals surface area contributed by atoms with E-state index in [2.05, 4.69) is 10.6 Å². The molecule has 1 atom stereocenters. The molecular formula is C19H18F2N2O2. The van der Waals surface area contributed by atoms with E-state index in [0.29, 0.717) is 12.8 Å². The van der Waals surface area contributed by atoms with Crippen molar-refractivity contribution in [3.05, 3.63) is 64.7 Å². The van der Waals surface area contributed by atoms with Gasteiger partial charge in [0.15, 0.2) is 0 Å². The highest BCUT2D eigenvalue weighted by Gasteiger charge is 2.18. The van der Waals surface area contributed by atoms with Crippen molar-refractivity contribution in [2.45, 2.75) is 32.2 Å². The van der Waals surface area contributed by atoms with E-state index in [1.54, 1.807) is 13.0 Å². The maximum absolute atomic E-state index is 13.6. The molecule has 2 aromatic carbocycles. The number of rotatable bonds is 4. The Morgan fingerprint density at radius 2 is 1.92 bits per heavy atom. The van der Waals surface area contributed by atoms with Crippen molar-refractivity contribution in [3.63, 3.8) is 0 Å². The lowest BCUT2D eigenvalue weighted by Crippen LogP contribution is -2.29. The summed E-state index contributed by atoms with van der Waals surface area (Å²) in [5.41, 5.74) is 2.43. The number of nitrogens with one attached hydrogen (secondary N) is 2. The Bertz CT molecular complexity index is 816. The predicted molar refractivity (Wildman–Crippen MR) is 90.0 cm³/mol. The van der Waals surface area contributed by atoms with E-state index >= 15 is 0 Å². The van der Waals surface area contributed by atoms with Crippen LogP contribution in [0.25, 0.3) is 0 Å². The smallest absolute Gasteiger partial charge is 0.225 e. The Kier molecular flexibility index (Phi) is 4.79. The van der Waals surface area contributed by atoms with Crippen LogP contribution in [0.2, 0.25) is 0 Å². The van der Waals surface area contributed by atoms with Gasteiger partial charge in [0.2, 0.25) is 11.8 Å². The molecule has 0 aliphatic carbocycles. The van der Waals surface area contributed by atoms with Crippen molar-refractivity contribution in [2.24, 2.45) is 0 Å². The molecule has 1 heterocycles. The second-order valence-corrected chi connectivity index (χ2v) is 6.13. The molecule has 0 aromatic heterocycles. The third-order valence-electron chi connectivity index (χ3n) is 4.30. The SMILES string of the molecule is C[C@H](NC(=O)Cc1c(F)cccc1F)c1ccc2c(c1)CCC(=O)N2. The largest absolute Gasteiger partial charge is 0.349 e. The highest BCUT2D eigenvalue weighted by Crippen LogP contribution is 2.26. The second-order valence-electron chi connectivity index (χ2n) is 6.13. The number of hydrogen-bond acceptors (Lipinski definition) is 2. The summed E-state index contributed by atoms with van der Waals surface area (Å²) in [6.07, 6.45) is 0.726. The number of aryl methyl sites for hydroxylation is 1. The molecule has 0 fully saturated rings. The van der Waals surface area contributed by atoms with Gasteiger partial charge in [0.25, 0.3) is 0 Å². The minimum atomic E-state index is -0.729. The molecule has 0 spiro atoms. The normalized spacial score (nSPS) is 14.4. The fraction of sp³-hybridized carbons (Fsp3) is 0.263. The van der Waals surface area contributed by atoms with Crippen LogP contribution in [-0.4, -0.2) is 11.8 Å². The lowest BCUT2D eigenvalue weighted by atomic mass is 9.97. The lowest BCUT2D eigenvalue weighted by Gasteiger charge is -2.20. The van der Waals surface area contributed by atoms with Gasteiger partial charge < -0.3 is 10.6 Å². The highest BCUT2D eigenvalue weighted by molar-refractivity contribution is 5.93. The third kappa shape index (κ3) is 3.84. The van der Waals surface area contributed by atoms with Crippen LogP contribution >= 0.6 is 0 Å². The fourth-order valence-electron chi connectivity index (χ4n) is 2.91. The summed E-state index contributed by atoms with van der Waals surface area (Å²) in [5.74, 6) is -1.92. The first-order valence-corrected chi connectivity index (χ1v) is 8.09. The van der Waals surface area contributed by atoms with Crippen LogP contribution in [0.3, 0.4) is 0 Å². The summed E-state index contributed by atoms with van der Waals surface area (Å²) >= 11 is 0. The average Bonchev–Trinajstić information content (AvgIpc) is 2.57. The molecule has 0 saturated heterocycles. The molecule has 6 heteroatoms. The maximum atomic E-state index is 13.6. The number of amides is 2. The van der Waals surface area contributed by atoms with Gasteiger partial charge in [-0.15, -0.1) is 0 Å². The second kappa shape index (κ2) is 7.01. The Hall–Kier alpha value is -2.76. The molecule has 2 aromatic rings. The number of anilines is 1. The van der Waals surface area contributed by atoms with Crippen molar-refractivity contribution in [1.29, 1.82) is 0 Å². The molecule has 3 rings (SSSR count). The molecule has 1 aliphatic heterocycles. The molecule has 2 amide bonds. The van der Waals surface area contributed by atoms with Gasteiger partial charge >= 0.3 is 0 Å². The van der Waals surface area contributed by atoms with Crippen LogP contribution in [0.4, 0.5) is 14.5 Å². The summed E-state index contributed by atoms with van der Waals surface area (Å²) in [4.78, 5) is 23.5. The van der Waals surface area contributed by atoms with Crippen LogP contribution in [0.5, 0.6) is 0 Å². The van der Waals surface area contributed by atoms with Crippen LogP contribution in [0.1, 0.15) is 36.1 Å². The van der Waals surface area contributed by atoms with E-state index in [-0.39, 0.29) is 23.9 Å². The van der Waals surface area contributed by atoms with Crippen molar-refractivity contribution in [3.8, 4) is 0 Å². The van der Waals surface area contributed by atoms with Gasteiger partial charge in [-0.1, -0.05) is 18.2 Å². The zero-order valence-corrected chi connectivity index (χ0v) is 13.7. The summed E-state index contributed by atoms with van der Waals surface area (Å²) in [6.45, 7) is 1.80. The first kappa shape index (κ1) is 17.1. The third-order valence-corrected chi connectivity index (χ3v) is 4.30. The van der Waals surface area contributed by atoms with Crippen molar-refractivity contribution in [2.75, 3.05) is 5.32 Å². The molecule has 1 aliphatic rings. The van der Waals surface area contributed by atoms with E-state index < -0.39 is 17.5 Å². The summed E-state index contributed by atoms with van der Waals surface area (Å²) in [5, 5.41) is 5.56. The minimum Gasteiger partial charge on any atom is -0.349 e. The summed E-state index contributed by atoms with van der Waals surface area (Å²) in [7, 11) is 0. The first-order chi connectivity index (χ1) is 11.9. The zero-order chi connectivity index (χ0) is 18.0. The number of fused-ring (bicyclic) bond motifs is 1. The van der Waals surface area contributed by atoms with E-state index in [0.717, 1.165) is 28.9 Å². The molecule has 0 bridgehead atoms. The average molecular weight is 344 g/mol. The fourth-order valence-corrected chi connectivity index (χ4v) is 2.91. The number of benzene rings is 2. The molecule has 0 radical (unpaired) electrons. The minimum absolute atomic E-state index is 0.00600. The number of hydrogen-bond donors (Lipinski definition) is 2. The van der Waals surface area contributed by atoms with Gasteiger partial charge in [0.1, 0.15) is 11.6 Å². The van der Waals surface area contributed by atoms with Gasteiger partial charge in [-0.3, -0.25) is 9.59 Å². The maximum Gasteiger partial charge on any atom is 0.225 e. The van der Waals surface area contributed by atoms with Gasteiger partial charge in [0, 0.05) is 17.7 Å². The van der Waals surface area contributed by atoms with Crippen molar-refractivity contribution in [1.82, 2.24) is 5.32 Å². The number of halogens is 2. The van der Waals surface area contributed by atoms with Crippen LogP contribution in [0, 0.1) is 11.6 Å². The van der Waals surface area contributed by atoms with Gasteiger partial charge in [-0.05, 0) is 42.7 Å². The lowest BCUT2D eigenvalue weighted by molar-refractivity contribution is -0.121. The summed E-state index contributed by atoms with van der Waals surface area (Å²) in [6, 6.07) is 8.77. The van der Waals surface area contributed by atoms with Crippen LogP contribution in [0.15, 0.2) is 36.4 Å². The zero-order valence-electron chi connectivity index (χ0n) is 13.7.